The quantitative estimate of drug-likeness (QED) is 0.418. The highest BCUT2D eigenvalue weighted by Gasteiger charge is 2.23. The van der Waals surface area contributed by atoms with Crippen LogP contribution in [0.2, 0.25) is 0 Å². The monoisotopic (exact) mass is 446 g/mol. The maximum atomic E-state index is 13.3. The third-order valence-electron chi connectivity index (χ3n) is 6.61. The SMILES string of the molecule is COCCN(Cc1cc2ccc(OC)cc2nc1-c1cccc(C)c1)C(=O)CC1CCCC1. The molecule has 0 aliphatic heterocycles. The van der Waals surface area contributed by atoms with Crippen molar-refractivity contribution in [2.75, 3.05) is 27.4 Å². The van der Waals surface area contributed by atoms with Gasteiger partial charge in [-0.15, -0.1) is 0 Å². The van der Waals surface area contributed by atoms with E-state index in [1.807, 2.05) is 23.1 Å². The number of fused-ring (bicyclic) bond motifs is 1. The average molecular weight is 447 g/mol. The fourth-order valence-corrected chi connectivity index (χ4v) is 4.77. The van der Waals surface area contributed by atoms with Crippen LogP contribution in [0, 0.1) is 12.8 Å². The van der Waals surface area contributed by atoms with Gasteiger partial charge in [-0.05, 0) is 55.5 Å². The van der Waals surface area contributed by atoms with E-state index >= 15 is 0 Å². The Balaban J connectivity index is 1.72. The topological polar surface area (TPSA) is 51.7 Å². The van der Waals surface area contributed by atoms with E-state index in [-0.39, 0.29) is 5.91 Å². The molecule has 3 aromatic rings. The minimum atomic E-state index is 0.212. The van der Waals surface area contributed by atoms with Crippen molar-refractivity contribution in [3.63, 3.8) is 0 Å². The van der Waals surface area contributed by atoms with Crippen LogP contribution >= 0.6 is 0 Å². The van der Waals surface area contributed by atoms with Crippen LogP contribution in [0.3, 0.4) is 0 Å². The van der Waals surface area contributed by atoms with Crippen molar-refractivity contribution in [2.45, 2.75) is 45.6 Å². The molecule has 1 amide bonds. The number of amides is 1. The smallest absolute Gasteiger partial charge is 0.223 e. The standard InChI is InChI=1S/C28H34N2O3/c1-20-7-6-10-23(15-20)28-24(17-22-11-12-25(33-3)18-26(22)29-28)19-30(13-14-32-2)27(31)16-21-8-4-5-9-21/h6-7,10-12,15,17-18,21H,4-5,8-9,13-14,16,19H2,1-3H3. The van der Waals surface area contributed by atoms with Crippen LogP contribution < -0.4 is 4.74 Å². The molecule has 33 heavy (non-hydrogen) atoms. The number of nitrogens with zero attached hydrogens (tertiary/aromatic N) is 2. The maximum Gasteiger partial charge on any atom is 0.223 e. The van der Waals surface area contributed by atoms with Crippen molar-refractivity contribution in [1.29, 1.82) is 0 Å². The molecule has 1 heterocycles. The molecule has 2 aromatic carbocycles. The zero-order chi connectivity index (χ0) is 23.2. The Labute approximate surface area is 196 Å². The highest BCUT2D eigenvalue weighted by atomic mass is 16.5. The molecule has 5 heteroatoms. The lowest BCUT2D eigenvalue weighted by atomic mass is 10.00. The lowest BCUT2D eigenvalue weighted by Gasteiger charge is -2.25. The molecule has 1 fully saturated rings. The van der Waals surface area contributed by atoms with E-state index < -0.39 is 0 Å². The first-order valence-electron chi connectivity index (χ1n) is 11.9. The fourth-order valence-electron chi connectivity index (χ4n) is 4.77. The molecule has 1 saturated carbocycles. The molecule has 0 N–H and O–H groups in total. The number of methoxy groups -OCH3 is 2. The third-order valence-corrected chi connectivity index (χ3v) is 6.61. The number of aromatic nitrogens is 1. The summed E-state index contributed by atoms with van der Waals surface area (Å²) in [5.74, 6) is 1.51. The van der Waals surface area contributed by atoms with Crippen LogP contribution in [-0.2, 0) is 16.1 Å². The molecule has 4 rings (SSSR count). The summed E-state index contributed by atoms with van der Waals surface area (Å²) in [6.07, 6.45) is 5.44. The number of carbonyl (C=O) groups excluding carboxylic acids is 1. The summed E-state index contributed by atoms with van der Waals surface area (Å²) in [5.41, 5.74) is 5.09. The average Bonchev–Trinajstić information content (AvgIpc) is 3.33. The first-order chi connectivity index (χ1) is 16.1. The second-order valence-corrected chi connectivity index (χ2v) is 9.09. The van der Waals surface area contributed by atoms with E-state index in [9.17, 15) is 4.79 Å². The van der Waals surface area contributed by atoms with Gasteiger partial charge in [-0.2, -0.15) is 0 Å². The van der Waals surface area contributed by atoms with Crippen molar-refractivity contribution < 1.29 is 14.3 Å². The molecule has 1 aliphatic carbocycles. The van der Waals surface area contributed by atoms with Gasteiger partial charge < -0.3 is 14.4 Å². The van der Waals surface area contributed by atoms with Gasteiger partial charge in [-0.25, -0.2) is 4.98 Å². The van der Waals surface area contributed by atoms with E-state index in [0.29, 0.717) is 32.0 Å². The molecule has 5 nitrogen and oxygen atoms in total. The second-order valence-electron chi connectivity index (χ2n) is 9.09. The lowest BCUT2D eigenvalue weighted by molar-refractivity contribution is -0.133. The first-order valence-corrected chi connectivity index (χ1v) is 11.9. The predicted octanol–water partition coefficient (Wildman–Crippen LogP) is 5.77. The minimum Gasteiger partial charge on any atom is -0.497 e. The Morgan fingerprint density at radius 3 is 2.64 bits per heavy atom. The molecule has 0 atom stereocenters. The van der Waals surface area contributed by atoms with Crippen molar-refractivity contribution in [3.8, 4) is 17.0 Å². The molecule has 0 radical (unpaired) electrons. The van der Waals surface area contributed by atoms with Gasteiger partial charge in [0.2, 0.25) is 5.91 Å². The highest BCUT2D eigenvalue weighted by Crippen LogP contribution is 2.31. The van der Waals surface area contributed by atoms with Gasteiger partial charge >= 0.3 is 0 Å². The molecule has 0 saturated heterocycles. The summed E-state index contributed by atoms with van der Waals surface area (Å²) in [5, 5.41) is 1.04. The van der Waals surface area contributed by atoms with Crippen molar-refractivity contribution in [1.82, 2.24) is 9.88 Å². The number of pyridine rings is 1. The fraction of sp³-hybridized carbons (Fsp3) is 0.429. The highest BCUT2D eigenvalue weighted by molar-refractivity contribution is 5.85. The summed E-state index contributed by atoms with van der Waals surface area (Å²) < 4.78 is 10.7. The van der Waals surface area contributed by atoms with Gasteiger partial charge in [-0.1, -0.05) is 36.6 Å². The number of carbonyl (C=O) groups is 1. The molecule has 0 unspecified atom stereocenters. The number of benzene rings is 2. The second kappa shape index (κ2) is 10.8. The number of ether oxygens (including phenoxy) is 2. The van der Waals surface area contributed by atoms with Crippen molar-refractivity contribution in [2.24, 2.45) is 5.92 Å². The van der Waals surface area contributed by atoms with Gasteiger partial charge in [0, 0.05) is 43.6 Å². The molecule has 174 valence electrons. The van der Waals surface area contributed by atoms with Crippen molar-refractivity contribution in [3.05, 3.63) is 59.7 Å². The largest absolute Gasteiger partial charge is 0.497 e. The summed E-state index contributed by atoms with van der Waals surface area (Å²) in [4.78, 5) is 20.3. The zero-order valence-electron chi connectivity index (χ0n) is 20.0. The van der Waals surface area contributed by atoms with Gasteiger partial charge in [0.05, 0.1) is 24.9 Å². The van der Waals surface area contributed by atoms with Crippen LogP contribution in [0.4, 0.5) is 0 Å². The number of hydrogen-bond acceptors (Lipinski definition) is 4. The van der Waals surface area contributed by atoms with Crippen LogP contribution in [0.15, 0.2) is 48.5 Å². The Kier molecular flexibility index (Phi) is 7.61. The van der Waals surface area contributed by atoms with Gasteiger partial charge in [0.25, 0.3) is 0 Å². The number of rotatable bonds is 9. The zero-order valence-corrected chi connectivity index (χ0v) is 20.0. The van der Waals surface area contributed by atoms with Crippen LogP contribution in [0.1, 0.15) is 43.2 Å². The lowest BCUT2D eigenvalue weighted by Crippen LogP contribution is -2.34. The minimum absolute atomic E-state index is 0.212. The molecule has 1 aromatic heterocycles. The van der Waals surface area contributed by atoms with Gasteiger partial charge in [-0.3, -0.25) is 4.79 Å². The van der Waals surface area contributed by atoms with E-state index in [1.54, 1.807) is 14.2 Å². The first kappa shape index (κ1) is 23.2. The number of aryl methyl sites for hydroxylation is 1. The Morgan fingerprint density at radius 2 is 1.91 bits per heavy atom. The van der Waals surface area contributed by atoms with Gasteiger partial charge in [0.15, 0.2) is 0 Å². The molecular weight excluding hydrogens is 412 g/mol. The molecular formula is C28H34N2O3. The number of hydrogen-bond donors (Lipinski definition) is 0. The Hall–Kier alpha value is -2.92. The Morgan fingerprint density at radius 1 is 1.09 bits per heavy atom. The van der Waals surface area contributed by atoms with Crippen LogP contribution in [0.25, 0.3) is 22.2 Å². The van der Waals surface area contributed by atoms with E-state index in [4.69, 9.17) is 14.5 Å². The summed E-state index contributed by atoms with van der Waals surface area (Å²) in [6, 6.07) is 16.5. The van der Waals surface area contributed by atoms with Crippen molar-refractivity contribution >= 4 is 16.8 Å². The third kappa shape index (κ3) is 5.72. The molecule has 1 aliphatic rings. The van der Waals surface area contributed by atoms with Gasteiger partial charge in [0.1, 0.15) is 5.75 Å². The maximum absolute atomic E-state index is 13.3. The Bertz CT molecular complexity index is 1110. The predicted molar refractivity (Wildman–Crippen MR) is 132 cm³/mol. The summed E-state index contributed by atoms with van der Waals surface area (Å²) in [6.45, 7) is 3.71. The molecule has 0 bridgehead atoms. The summed E-state index contributed by atoms with van der Waals surface area (Å²) >= 11 is 0. The van der Waals surface area contributed by atoms with Crippen LogP contribution in [-0.4, -0.2) is 43.2 Å². The van der Waals surface area contributed by atoms with Crippen LogP contribution in [0.5, 0.6) is 5.75 Å². The van der Waals surface area contributed by atoms with E-state index in [1.165, 1.54) is 18.4 Å². The van der Waals surface area contributed by atoms with E-state index in [0.717, 1.165) is 46.3 Å². The summed E-state index contributed by atoms with van der Waals surface area (Å²) in [7, 11) is 3.35. The molecule has 0 spiro atoms. The normalized spacial score (nSPS) is 14.0. The van der Waals surface area contributed by atoms with E-state index in [2.05, 4.69) is 37.3 Å².